The molecule has 0 aromatic heterocycles. The lowest BCUT2D eigenvalue weighted by molar-refractivity contribution is -0.384. The third-order valence-corrected chi connectivity index (χ3v) is 2.92. The van der Waals surface area contributed by atoms with Crippen molar-refractivity contribution in [2.75, 3.05) is 18.5 Å². The van der Waals surface area contributed by atoms with Crippen LogP contribution in [0, 0.1) is 10.1 Å². The number of hydrogen-bond donors (Lipinski definition) is 0. The number of nitro groups is 1. The van der Waals surface area contributed by atoms with Crippen molar-refractivity contribution in [3.8, 4) is 0 Å². The van der Waals surface area contributed by atoms with Crippen LogP contribution in [0.4, 0.5) is 11.4 Å². The first-order valence-corrected chi connectivity index (χ1v) is 5.76. The summed E-state index contributed by atoms with van der Waals surface area (Å²) in [5, 5.41) is 11.5. The average Bonchev–Trinajstić information content (AvgIpc) is 2.27. The first-order valence-electron chi connectivity index (χ1n) is 4.64. The average molecular weight is 273 g/mol. The van der Waals surface area contributed by atoms with Gasteiger partial charge in [0.15, 0.2) is 0 Å². The van der Waals surface area contributed by atoms with Gasteiger partial charge in [0.2, 0.25) is 0 Å². The molecule has 4 nitrogen and oxygen atoms in total. The summed E-state index contributed by atoms with van der Waals surface area (Å²) in [6.07, 6.45) is 0. The number of benzene rings is 1. The molecule has 0 saturated carbocycles. The SMILES string of the molecule is CCN(C)c1ccc(CBr)cc1[N+](=O)[O-]. The van der Waals surface area contributed by atoms with E-state index in [0.717, 1.165) is 12.1 Å². The largest absolute Gasteiger partial charge is 0.369 e. The Morgan fingerprint density at radius 3 is 2.67 bits per heavy atom. The maximum atomic E-state index is 10.9. The number of nitro benzene ring substituents is 1. The van der Waals surface area contributed by atoms with Gasteiger partial charge in [-0.05, 0) is 18.6 Å². The first kappa shape index (κ1) is 12.0. The Balaban J connectivity index is 3.21. The third-order valence-electron chi connectivity index (χ3n) is 2.28. The van der Waals surface area contributed by atoms with Gasteiger partial charge in [-0.25, -0.2) is 0 Å². The zero-order valence-corrected chi connectivity index (χ0v) is 10.3. The molecule has 0 N–H and O–H groups in total. The van der Waals surface area contributed by atoms with Crippen LogP contribution in [0.2, 0.25) is 0 Å². The van der Waals surface area contributed by atoms with E-state index in [9.17, 15) is 10.1 Å². The van der Waals surface area contributed by atoms with Gasteiger partial charge >= 0.3 is 0 Å². The molecule has 5 heteroatoms. The molecule has 0 aliphatic heterocycles. The summed E-state index contributed by atoms with van der Waals surface area (Å²) in [5.74, 6) is 0. The highest BCUT2D eigenvalue weighted by molar-refractivity contribution is 9.08. The van der Waals surface area contributed by atoms with E-state index in [-0.39, 0.29) is 10.6 Å². The van der Waals surface area contributed by atoms with Crippen molar-refractivity contribution in [2.24, 2.45) is 0 Å². The Kier molecular flexibility index (Phi) is 4.08. The van der Waals surface area contributed by atoms with Crippen LogP contribution < -0.4 is 4.90 Å². The molecule has 0 spiro atoms. The van der Waals surface area contributed by atoms with Crippen LogP contribution in [0.15, 0.2) is 18.2 Å². The molecule has 1 rings (SSSR count). The van der Waals surface area contributed by atoms with Crippen molar-refractivity contribution >= 4 is 27.3 Å². The van der Waals surface area contributed by atoms with Crippen molar-refractivity contribution in [3.63, 3.8) is 0 Å². The highest BCUT2D eigenvalue weighted by Gasteiger charge is 2.16. The minimum atomic E-state index is -0.340. The van der Waals surface area contributed by atoms with Crippen LogP contribution >= 0.6 is 15.9 Å². The van der Waals surface area contributed by atoms with Gasteiger partial charge in [0.25, 0.3) is 5.69 Å². The normalized spacial score (nSPS) is 10.1. The van der Waals surface area contributed by atoms with Crippen LogP contribution in [-0.4, -0.2) is 18.5 Å². The second kappa shape index (κ2) is 5.11. The van der Waals surface area contributed by atoms with E-state index >= 15 is 0 Å². The fourth-order valence-corrected chi connectivity index (χ4v) is 1.64. The van der Waals surface area contributed by atoms with Gasteiger partial charge in [-0.2, -0.15) is 0 Å². The Morgan fingerprint density at radius 2 is 2.20 bits per heavy atom. The summed E-state index contributed by atoms with van der Waals surface area (Å²) < 4.78 is 0. The van der Waals surface area contributed by atoms with Crippen molar-refractivity contribution < 1.29 is 4.92 Å². The molecule has 0 heterocycles. The highest BCUT2D eigenvalue weighted by atomic mass is 79.9. The maximum Gasteiger partial charge on any atom is 0.292 e. The predicted molar refractivity (Wildman–Crippen MR) is 64.7 cm³/mol. The minimum Gasteiger partial charge on any atom is -0.369 e. The van der Waals surface area contributed by atoms with Crippen molar-refractivity contribution in [1.82, 2.24) is 0 Å². The molecule has 82 valence electrons. The second-order valence-electron chi connectivity index (χ2n) is 3.23. The molecular weight excluding hydrogens is 260 g/mol. The molecule has 0 atom stereocenters. The molecule has 1 aromatic carbocycles. The van der Waals surface area contributed by atoms with Gasteiger partial charge in [0, 0.05) is 25.0 Å². The number of hydrogen-bond acceptors (Lipinski definition) is 3. The number of nitrogens with zero attached hydrogens (tertiary/aromatic N) is 2. The van der Waals surface area contributed by atoms with Crippen molar-refractivity contribution in [3.05, 3.63) is 33.9 Å². The molecule has 0 aliphatic carbocycles. The lowest BCUT2D eigenvalue weighted by Crippen LogP contribution is -2.17. The van der Waals surface area contributed by atoms with E-state index in [1.165, 1.54) is 0 Å². The van der Waals surface area contributed by atoms with Gasteiger partial charge in [-0.3, -0.25) is 10.1 Å². The number of rotatable bonds is 4. The van der Waals surface area contributed by atoms with E-state index in [1.54, 1.807) is 12.1 Å². The Labute approximate surface area is 97.2 Å². The van der Waals surface area contributed by atoms with Gasteiger partial charge in [0.05, 0.1) is 4.92 Å². The van der Waals surface area contributed by atoms with Crippen molar-refractivity contribution in [2.45, 2.75) is 12.3 Å². The molecule has 0 radical (unpaired) electrons. The Hall–Kier alpha value is -1.10. The van der Waals surface area contributed by atoms with Crippen LogP contribution in [0.5, 0.6) is 0 Å². The fraction of sp³-hybridized carbons (Fsp3) is 0.400. The summed E-state index contributed by atoms with van der Waals surface area (Å²) >= 11 is 3.28. The van der Waals surface area contributed by atoms with Crippen molar-refractivity contribution in [1.29, 1.82) is 0 Å². The smallest absolute Gasteiger partial charge is 0.292 e. The van der Waals surface area contributed by atoms with Gasteiger partial charge < -0.3 is 4.90 Å². The Bertz CT molecular complexity index is 368. The number of alkyl halides is 1. The zero-order valence-electron chi connectivity index (χ0n) is 8.74. The number of anilines is 1. The van der Waals surface area contributed by atoms with Crippen LogP contribution in [0.3, 0.4) is 0 Å². The van der Waals surface area contributed by atoms with Crippen LogP contribution in [0.25, 0.3) is 0 Å². The van der Waals surface area contributed by atoms with Gasteiger partial charge in [-0.15, -0.1) is 0 Å². The topological polar surface area (TPSA) is 46.4 Å². The second-order valence-corrected chi connectivity index (χ2v) is 3.79. The zero-order chi connectivity index (χ0) is 11.4. The van der Waals surface area contributed by atoms with E-state index in [0.29, 0.717) is 11.0 Å². The molecule has 0 aliphatic rings. The molecule has 0 saturated heterocycles. The van der Waals surface area contributed by atoms with Gasteiger partial charge in [-0.1, -0.05) is 22.0 Å². The Morgan fingerprint density at radius 1 is 1.53 bits per heavy atom. The number of halogens is 1. The lowest BCUT2D eigenvalue weighted by Gasteiger charge is -2.16. The summed E-state index contributed by atoms with van der Waals surface area (Å²) in [4.78, 5) is 12.4. The van der Waals surface area contributed by atoms with E-state index < -0.39 is 0 Å². The standard InChI is InChI=1S/C10H13BrN2O2/c1-3-12(2)9-5-4-8(7-11)6-10(9)13(14)15/h4-6H,3,7H2,1-2H3. The van der Waals surface area contributed by atoms with E-state index in [4.69, 9.17) is 0 Å². The van der Waals surface area contributed by atoms with E-state index in [2.05, 4.69) is 15.9 Å². The fourth-order valence-electron chi connectivity index (χ4n) is 1.29. The molecule has 0 amide bonds. The molecule has 1 aromatic rings. The van der Waals surface area contributed by atoms with Crippen LogP contribution in [-0.2, 0) is 5.33 Å². The lowest BCUT2D eigenvalue weighted by atomic mass is 10.2. The summed E-state index contributed by atoms with van der Waals surface area (Å²) in [5.41, 5.74) is 1.73. The molecule has 15 heavy (non-hydrogen) atoms. The summed E-state index contributed by atoms with van der Waals surface area (Å²) in [7, 11) is 1.84. The molecule has 0 unspecified atom stereocenters. The minimum absolute atomic E-state index is 0.163. The molecule has 0 fully saturated rings. The highest BCUT2D eigenvalue weighted by Crippen LogP contribution is 2.28. The summed E-state index contributed by atoms with van der Waals surface area (Å²) in [6, 6.07) is 5.29. The summed E-state index contributed by atoms with van der Waals surface area (Å²) in [6.45, 7) is 2.70. The molecular formula is C10H13BrN2O2. The maximum absolute atomic E-state index is 10.9. The quantitative estimate of drug-likeness (QED) is 0.481. The van der Waals surface area contributed by atoms with Crippen LogP contribution in [0.1, 0.15) is 12.5 Å². The monoisotopic (exact) mass is 272 g/mol. The predicted octanol–water partition coefficient (Wildman–Crippen LogP) is 2.95. The van der Waals surface area contributed by atoms with E-state index in [1.807, 2.05) is 24.9 Å². The first-order chi connectivity index (χ1) is 7.10. The molecule has 0 bridgehead atoms. The third kappa shape index (κ3) is 2.68. The van der Waals surface area contributed by atoms with Gasteiger partial charge in [0.1, 0.15) is 5.69 Å².